The maximum Gasteiger partial charge on any atom is 0.244 e. The van der Waals surface area contributed by atoms with Gasteiger partial charge in [-0.05, 0) is 48.9 Å². The van der Waals surface area contributed by atoms with Crippen molar-refractivity contribution in [2.24, 2.45) is 5.10 Å². The van der Waals surface area contributed by atoms with Crippen molar-refractivity contribution in [1.82, 2.24) is 5.43 Å². The fraction of sp³-hybridized carbons (Fsp3) is 0.160. The lowest BCUT2D eigenvalue weighted by molar-refractivity contribution is -0.120. The van der Waals surface area contributed by atoms with Crippen LogP contribution in [0.25, 0.3) is 0 Å². The highest BCUT2D eigenvalue weighted by molar-refractivity contribution is 6.30. The smallest absolute Gasteiger partial charge is 0.244 e. The Hall–Kier alpha value is -3.82. The molecule has 1 N–H and O–H groups in total. The van der Waals surface area contributed by atoms with Crippen molar-refractivity contribution in [1.29, 1.82) is 5.26 Å². The first-order valence-electron chi connectivity index (χ1n) is 10.0. The molecular formula is C25H22ClN3O3. The molecule has 0 saturated carbocycles. The minimum Gasteiger partial charge on any atom is -0.494 e. The van der Waals surface area contributed by atoms with Crippen LogP contribution in [0.2, 0.25) is 5.02 Å². The minimum atomic E-state index is -0.252. The maximum atomic E-state index is 12.2. The first-order valence-corrected chi connectivity index (χ1v) is 10.4. The van der Waals surface area contributed by atoms with Crippen molar-refractivity contribution in [3.05, 3.63) is 94.0 Å². The van der Waals surface area contributed by atoms with Crippen LogP contribution in [0.1, 0.15) is 29.2 Å². The van der Waals surface area contributed by atoms with E-state index < -0.39 is 0 Å². The molecular weight excluding hydrogens is 426 g/mol. The minimum absolute atomic E-state index is 0.188. The van der Waals surface area contributed by atoms with E-state index in [0.717, 1.165) is 16.9 Å². The van der Waals surface area contributed by atoms with E-state index in [1.54, 1.807) is 30.3 Å². The third kappa shape index (κ3) is 6.59. The van der Waals surface area contributed by atoms with Crippen molar-refractivity contribution in [2.45, 2.75) is 20.0 Å². The number of benzene rings is 3. The summed E-state index contributed by atoms with van der Waals surface area (Å²) in [6.45, 7) is 2.73. The number of halogens is 1. The molecule has 32 heavy (non-hydrogen) atoms. The van der Waals surface area contributed by atoms with Crippen molar-refractivity contribution in [3.63, 3.8) is 0 Å². The topological polar surface area (TPSA) is 83.7 Å². The molecule has 1 amide bonds. The Balaban J connectivity index is 1.61. The standard InChI is InChI=1S/C25H22ClN3O3/c1-2-31-23-10-7-18(8-11-23)13-25(30)29-28-16-21-14-22(26)9-12-24(21)32-17-20-6-4-3-5-19(20)15-27/h3-12,14,16H,2,13,17H2,1H3,(H,29,30)/b28-16-. The lowest BCUT2D eigenvalue weighted by Gasteiger charge is -2.10. The van der Waals surface area contributed by atoms with Crippen molar-refractivity contribution in [2.75, 3.05) is 6.61 Å². The van der Waals surface area contributed by atoms with Gasteiger partial charge in [0.05, 0.1) is 30.9 Å². The zero-order valence-corrected chi connectivity index (χ0v) is 18.3. The molecule has 0 aliphatic rings. The normalized spacial score (nSPS) is 10.5. The summed E-state index contributed by atoms with van der Waals surface area (Å²) in [7, 11) is 0. The summed E-state index contributed by atoms with van der Waals surface area (Å²) in [5.41, 5.74) is 5.30. The van der Waals surface area contributed by atoms with Gasteiger partial charge in [0.15, 0.2) is 0 Å². The second-order valence-corrected chi connectivity index (χ2v) is 7.22. The van der Waals surface area contributed by atoms with Gasteiger partial charge in [0.2, 0.25) is 5.91 Å². The largest absolute Gasteiger partial charge is 0.494 e. The van der Waals surface area contributed by atoms with E-state index in [1.165, 1.54) is 6.21 Å². The van der Waals surface area contributed by atoms with Gasteiger partial charge in [-0.2, -0.15) is 10.4 Å². The van der Waals surface area contributed by atoms with E-state index in [-0.39, 0.29) is 18.9 Å². The molecule has 3 aromatic carbocycles. The Morgan fingerprint density at radius 1 is 1.12 bits per heavy atom. The molecule has 3 rings (SSSR count). The molecule has 0 spiro atoms. The van der Waals surface area contributed by atoms with E-state index in [0.29, 0.717) is 28.5 Å². The second kappa shape index (κ2) is 11.5. The summed E-state index contributed by atoms with van der Waals surface area (Å²) in [5, 5.41) is 13.8. The van der Waals surface area contributed by atoms with Gasteiger partial charge in [-0.3, -0.25) is 4.79 Å². The average Bonchev–Trinajstić information content (AvgIpc) is 2.80. The van der Waals surface area contributed by atoms with Crippen LogP contribution >= 0.6 is 11.6 Å². The predicted molar refractivity (Wildman–Crippen MR) is 124 cm³/mol. The van der Waals surface area contributed by atoms with Gasteiger partial charge < -0.3 is 9.47 Å². The highest BCUT2D eigenvalue weighted by Crippen LogP contribution is 2.23. The number of hydrazone groups is 1. The predicted octanol–water partition coefficient (Wildman–Crippen LogP) is 4.88. The van der Waals surface area contributed by atoms with Crippen LogP contribution in [-0.4, -0.2) is 18.7 Å². The van der Waals surface area contributed by atoms with Crippen molar-refractivity contribution in [3.8, 4) is 17.6 Å². The van der Waals surface area contributed by atoms with Crippen LogP contribution in [0, 0.1) is 11.3 Å². The highest BCUT2D eigenvalue weighted by Gasteiger charge is 2.07. The highest BCUT2D eigenvalue weighted by atomic mass is 35.5. The number of nitriles is 1. The molecule has 0 fully saturated rings. The lowest BCUT2D eigenvalue weighted by Crippen LogP contribution is -2.19. The molecule has 7 heteroatoms. The summed E-state index contributed by atoms with van der Waals surface area (Å²) in [6.07, 6.45) is 1.67. The van der Waals surface area contributed by atoms with Gasteiger partial charge in [-0.1, -0.05) is 41.9 Å². The molecule has 0 aromatic heterocycles. The SMILES string of the molecule is CCOc1ccc(CC(=O)N/N=C\c2cc(Cl)ccc2OCc2ccccc2C#N)cc1. The fourth-order valence-corrected chi connectivity index (χ4v) is 3.11. The Kier molecular flexibility index (Phi) is 8.24. The quantitative estimate of drug-likeness (QED) is 0.374. The van der Waals surface area contributed by atoms with Crippen LogP contribution in [-0.2, 0) is 17.8 Å². The monoisotopic (exact) mass is 447 g/mol. The third-order valence-corrected chi connectivity index (χ3v) is 4.72. The summed E-state index contributed by atoms with van der Waals surface area (Å²) in [5.74, 6) is 1.05. The van der Waals surface area contributed by atoms with E-state index in [2.05, 4.69) is 16.6 Å². The fourth-order valence-electron chi connectivity index (χ4n) is 2.93. The zero-order chi connectivity index (χ0) is 22.8. The van der Waals surface area contributed by atoms with Crippen LogP contribution in [0.15, 0.2) is 71.8 Å². The number of nitrogens with one attached hydrogen (secondary N) is 1. The zero-order valence-electron chi connectivity index (χ0n) is 17.5. The lowest BCUT2D eigenvalue weighted by atomic mass is 10.1. The number of hydrogen-bond acceptors (Lipinski definition) is 5. The van der Waals surface area contributed by atoms with Gasteiger partial charge in [0.25, 0.3) is 0 Å². The number of carbonyl (C=O) groups excluding carboxylic acids is 1. The van der Waals surface area contributed by atoms with Crippen LogP contribution < -0.4 is 14.9 Å². The first-order chi connectivity index (χ1) is 15.6. The summed E-state index contributed by atoms with van der Waals surface area (Å²) >= 11 is 6.11. The molecule has 3 aromatic rings. The summed E-state index contributed by atoms with van der Waals surface area (Å²) < 4.78 is 11.3. The number of rotatable bonds is 9. The number of hydrogen-bond donors (Lipinski definition) is 1. The molecule has 0 unspecified atom stereocenters. The van der Waals surface area contributed by atoms with Gasteiger partial charge in [-0.25, -0.2) is 5.43 Å². The van der Waals surface area contributed by atoms with E-state index >= 15 is 0 Å². The molecule has 0 saturated heterocycles. The van der Waals surface area contributed by atoms with Crippen molar-refractivity contribution < 1.29 is 14.3 Å². The number of amides is 1. The van der Waals surface area contributed by atoms with Gasteiger partial charge in [0, 0.05) is 16.1 Å². The summed E-state index contributed by atoms with van der Waals surface area (Å²) in [6, 6.07) is 21.8. The molecule has 0 radical (unpaired) electrons. The Morgan fingerprint density at radius 2 is 1.91 bits per heavy atom. The van der Waals surface area contributed by atoms with E-state index in [1.807, 2.05) is 43.3 Å². The van der Waals surface area contributed by atoms with Crippen LogP contribution in [0.5, 0.6) is 11.5 Å². The molecule has 162 valence electrons. The second-order valence-electron chi connectivity index (χ2n) is 6.79. The first kappa shape index (κ1) is 22.9. The molecule has 0 heterocycles. The Labute approximate surface area is 192 Å². The number of nitrogens with zero attached hydrogens (tertiary/aromatic N) is 2. The van der Waals surface area contributed by atoms with Gasteiger partial charge in [-0.15, -0.1) is 0 Å². The third-order valence-electron chi connectivity index (χ3n) is 4.48. The van der Waals surface area contributed by atoms with Crippen LogP contribution in [0.3, 0.4) is 0 Å². The summed E-state index contributed by atoms with van der Waals surface area (Å²) in [4.78, 5) is 12.2. The maximum absolute atomic E-state index is 12.2. The molecule has 0 atom stereocenters. The Bertz CT molecular complexity index is 1140. The van der Waals surface area contributed by atoms with E-state index in [4.69, 9.17) is 21.1 Å². The Morgan fingerprint density at radius 3 is 2.66 bits per heavy atom. The van der Waals surface area contributed by atoms with Crippen LogP contribution in [0.4, 0.5) is 0 Å². The van der Waals surface area contributed by atoms with Gasteiger partial charge >= 0.3 is 0 Å². The average molecular weight is 448 g/mol. The van der Waals surface area contributed by atoms with E-state index in [9.17, 15) is 10.1 Å². The molecule has 0 aliphatic heterocycles. The number of ether oxygens (including phenoxy) is 2. The molecule has 6 nitrogen and oxygen atoms in total. The number of carbonyl (C=O) groups is 1. The molecule has 0 aliphatic carbocycles. The van der Waals surface area contributed by atoms with Crippen molar-refractivity contribution >= 4 is 23.7 Å². The van der Waals surface area contributed by atoms with Gasteiger partial charge in [0.1, 0.15) is 18.1 Å². The molecule has 0 bridgehead atoms.